The first-order valence-corrected chi connectivity index (χ1v) is 8.06. The maximum Gasteiger partial charge on any atom is 0.270 e. The third-order valence-corrected chi connectivity index (χ3v) is 4.45. The van der Waals surface area contributed by atoms with Crippen LogP contribution in [-0.2, 0) is 4.79 Å². The molecule has 8 nitrogen and oxygen atoms in total. The molecule has 2 heterocycles. The summed E-state index contributed by atoms with van der Waals surface area (Å²) in [6.07, 6.45) is 3.73. The summed E-state index contributed by atoms with van der Waals surface area (Å²) < 4.78 is 0. The van der Waals surface area contributed by atoms with Gasteiger partial charge in [-0.3, -0.25) is 20.0 Å². The molecule has 24 heavy (non-hydrogen) atoms. The molecule has 1 aliphatic rings. The number of carbonyl (C=O) groups excluding carboxylic acids is 1. The average molecular weight is 343 g/mol. The lowest BCUT2D eigenvalue weighted by Crippen LogP contribution is -2.05. The van der Waals surface area contributed by atoms with Gasteiger partial charge in [-0.1, -0.05) is 0 Å². The van der Waals surface area contributed by atoms with Gasteiger partial charge >= 0.3 is 0 Å². The maximum absolute atomic E-state index is 11.2. The van der Waals surface area contributed by atoms with Gasteiger partial charge in [-0.15, -0.1) is 16.9 Å². The monoisotopic (exact) mass is 343 g/mol. The molecule has 3 rings (SSSR count). The summed E-state index contributed by atoms with van der Waals surface area (Å²) in [6.45, 7) is 1.52. The van der Waals surface area contributed by atoms with Gasteiger partial charge in [0.05, 0.1) is 22.6 Å². The summed E-state index contributed by atoms with van der Waals surface area (Å²) in [7, 11) is 0. The van der Waals surface area contributed by atoms with Crippen LogP contribution in [0.3, 0.4) is 0 Å². The Labute approximate surface area is 141 Å². The lowest BCUT2D eigenvalue weighted by Gasteiger charge is -2.05. The Morgan fingerprint density at radius 3 is 2.75 bits per heavy atom. The van der Waals surface area contributed by atoms with E-state index in [-0.39, 0.29) is 11.5 Å². The number of hydrogen-bond donors (Lipinski definition) is 1. The molecular formula is C15H13N5O3S. The van der Waals surface area contributed by atoms with Gasteiger partial charge in [0.25, 0.3) is 5.69 Å². The predicted octanol–water partition coefficient (Wildman–Crippen LogP) is 2.81. The zero-order valence-corrected chi connectivity index (χ0v) is 13.5. The molecule has 1 aromatic carbocycles. The molecule has 0 radical (unpaired) electrons. The standard InChI is InChI=1S/C15H13N5O3S/c1-9(21)8-24-15-5-14(18-19-15)11-2-10(12-6-16-17-7-12)3-13(4-11)20(22)23/h2-4,6-7H,5,8H2,1H3,(H,16,17). The van der Waals surface area contributed by atoms with Crippen molar-refractivity contribution >= 4 is 34.0 Å². The van der Waals surface area contributed by atoms with Crippen molar-refractivity contribution in [3.05, 3.63) is 46.3 Å². The van der Waals surface area contributed by atoms with Crippen LogP contribution in [0.15, 0.2) is 40.8 Å². The van der Waals surface area contributed by atoms with Crippen molar-refractivity contribution in [1.82, 2.24) is 10.2 Å². The Bertz CT molecular complexity index is 858. The molecule has 0 atom stereocenters. The first-order chi connectivity index (χ1) is 11.5. The SMILES string of the molecule is CC(=O)CSC1=NN=C(c2cc(-c3cn[nH]c3)cc([N+](=O)[O-])c2)C1. The van der Waals surface area contributed by atoms with Gasteiger partial charge in [0.1, 0.15) is 10.8 Å². The minimum Gasteiger partial charge on any atom is -0.299 e. The average Bonchev–Trinajstić information content (AvgIpc) is 3.24. The number of nitro groups is 1. The van der Waals surface area contributed by atoms with Crippen LogP contribution >= 0.6 is 11.8 Å². The minimum absolute atomic E-state index is 0.0174. The van der Waals surface area contributed by atoms with E-state index in [1.807, 2.05) is 6.07 Å². The molecule has 1 aromatic heterocycles. The van der Waals surface area contributed by atoms with Gasteiger partial charge in [-0.2, -0.15) is 10.2 Å². The van der Waals surface area contributed by atoms with Gasteiger partial charge < -0.3 is 0 Å². The molecule has 1 N–H and O–H groups in total. The van der Waals surface area contributed by atoms with Gasteiger partial charge in [0.15, 0.2) is 0 Å². The van der Waals surface area contributed by atoms with Crippen molar-refractivity contribution in [2.75, 3.05) is 5.75 Å². The largest absolute Gasteiger partial charge is 0.299 e. The summed E-state index contributed by atoms with van der Waals surface area (Å²) in [6, 6.07) is 4.80. The Hall–Kier alpha value is -2.81. The van der Waals surface area contributed by atoms with E-state index in [1.54, 1.807) is 12.4 Å². The van der Waals surface area contributed by atoms with Gasteiger partial charge in [0.2, 0.25) is 0 Å². The number of nitrogens with zero attached hydrogens (tertiary/aromatic N) is 4. The highest BCUT2D eigenvalue weighted by Crippen LogP contribution is 2.28. The third-order valence-electron chi connectivity index (χ3n) is 3.34. The van der Waals surface area contributed by atoms with Crippen LogP contribution in [0.25, 0.3) is 11.1 Å². The molecule has 0 unspecified atom stereocenters. The van der Waals surface area contributed by atoms with Gasteiger partial charge in [0, 0.05) is 35.9 Å². The molecule has 2 aromatic rings. The number of hydrogen-bond acceptors (Lipinski definition) is 7. The van der Waals surface area contributed by atoms with E-state index < -0.39 is 4.92 Å². The smallest absolute Gasteiger partial charge is 0.270 e. The Kier molecular flexibility index (Phi) is 4.52. The van der Waals surface area contributed by atoms with E-state index in [0.717, 1.165) is 10.6 Å². The second-order valence-corrected chi connectivity index (χ2v) is 6.27. The van der Waals surface area contributed by atoms with E-state index in [4.69, 9.17) is 0 Å². The van der Waals surface area contributed by atoms with Crippen molar-refractivity contribution in [3.63, 3.8) is 0 Å². The summed E-state index contributed by atoms with van der Waals surface area (Å²) in [5, 5.41) is 26.7. The topological polar surface area (TPSA) is 114 Å². The summed E-state index contributed by atoms with van der Waals surface area (Å²) in [5.74, 6) is 0.408. The fraction of sp³-hybridized carbons (Fsp3) is 0.200. The quantitative estimate of drug-likeness (QED) is 0.662. The zero-order valence-electron chi connectivity index (χ0n) is 12.7. The summed E-state index contributed by atoms with van der Waals surface area (Å²) in [4.78, 5) is 21.8. The molecule has 0 spiro atoms. The van der Waals surface area contributed by atoms with Crippen molar-refractivity contribution in [1.29, 1.82) is 0 Å². The molecule has 0 saturated heterocycles. The molecule has 9 heteroatoms. The number of nitro benzene ring substituents is 1. The number of H-pyrrole nitrogens is 1. The van der Waals surface area contributed by atoms with Crippen LogP contribution in [0.5, 0.6) is 0 Å². The molecule has 1 aliphatic heterocycles. The van der Waals surface area contributed by atoms with Crippen LogP contribution in [0.1, 0.15) is 18.9 Å². The summed E-state index contributed by atoms with van der Waals surface area (Å²) >= 11 is 1.34. The number of nitrogens with one attached hydrogen (secondary N) is 1. The summed E-state index contributed by atoms with van der Waals surface area (Å²) in [5.41, 5.74) is 2.71. The predicted molar refractivity (Wildman–Crippen MR) is 92.4 cm³/mol. The third kappa shape index (κ3) is 3.57. The number of Topliss-reactive ketones (excluding diaryl/α,β-unsaturated/α-hetero) is 1. The lowest BCUT2D eigenvalue weighted by molar-refractivity contribution is -0.384. The Morgan fingerprint density at radius 1 is 1.29 bits per heavy atom. The number of rotatable bonds is 5. The normalized spacial score (nSPS) is 13.5. The van der Waals surface area contributed by atoms with Crippen LogP contribution in [0.2, 0.25) is 0 Å². The van der Waals surface area contributed by atoms with Crippen molar-refractivity contribution in [3.8, 4) is 11.1 Å². The Balaban J connectivity index is 1.86. The van der Waals surface area contributed by atoms with E-state index in [2.05, 4.69) is 20.4 Å². The minimum atomic E-state index is -0.436. The van der Waals surface area contributed by atoms with E-state index in [1.165, 1.54) is 30.8 Å². The highest BCUT2D eigenvalue weighted by atomic mass is 32.2. The second kappa shape index (κ2) is 6.75. The maximum atomic E-state index is 11.2. The number of thioether (sulfide) groups is 1. The number of non-ortho nitro benzene ring substituents is 1. The van der Waals surface area contributed by atoms with Crippen molar-refractivity contribution < 1.29 is 9.72 Å². The lowest BCUT2D eigenvalue weighted by atomic mass is 10.0. The highest BCUT2D eigenvalue weighted by Gasteiger charge is 2.19. The number of aromatic amines is 1. The molecule has 0 saturated carbocycles. The molecule has 0 amide bonds. The Morgan fingerprint density at radius 2 is 2.08 bits per heavy atom. The van der Waals surface area contributed by atoms with Crippen LogP contribution < -0.4 is 0 Å². The van der Waals surface area contributed by atoms with E-state index >= 15 is 0 Å². The first kappa shape index (κ1) is 16.1. The number of aromatic nitrogens is 2. The van der Waals surface area contributed by atoms with Crippen molar-refractivity contribution in [2.24, 2.45) is 10.2 Å². The zero-order chi connectivity index (χ0) is 17.1. The second-order valence-electron chi connectivity index (χ2n) is 5.22. The first-order valence-electron chi connectivity index (χ1n) is 7.07. The fourth-order valence-electron chi connectivity index (χ4n) is 2.21. The fourth-order valence-corrected chi connectivity index (χ4v) is 2.92. The van der Waals surface area contributed by atoms with Crippen LogP contribution in [0, 0.1) is 10.1 Å². The van der Waals surface area contributed by atoms with Gasteiger partial charge in [-0.05, 0) is 18.6 Å². The van der Waals surface area contributed by atoms with Crippen LogP contribution in [0.4, 0.5) is 5.69 Å². The molecule has 0 aliphatic carbocycles. The highest BCUT2D eigenvalue weighted by molar-refractivity contribution is 8.14. The van der Waals surface area contributed by atoms with E-state index in [0.29, 0.717) is 29.0 Å². The van der Waals surface area contributed by atoms with Crippen LogP contribution in [-0.4, -0.2) is 37.4 Å². The molecule has 122 valence electrons. The number of ketones is 1. The van der Waals surface area contributed by atoms with Crippen molar-refractivity contribution in [2.45, 2.75) is 13.3 Å². The van der Waals surface area contributed by atoms with Gasteiger partial charge in [-0.25, -0.2) is 0 Å². The van der Waals surface area contributed by atoms with E-state index in [9.17, 15) is 14.9 Å². The number of carbonyl (C=O) groups is 1. The number of benzene rings is 1. The molecule has 0 bridgehead atoms. The molecular weight excluding hydrogens is 330 g/mol. The molecule has 0 fully saturated rings.